The number of anilines is 2. The van der Waals surface area contributed by atoms with Gasteiger partial charge in [0.25, 0.3) is 0 Å². The summed E-state index contributed by atoms with van der Waals surface area (Å²) >= 11 is 5.00. The molecular weight excluding hydrogens is 308 g/mol. The molecule has 0 unspecified atom stereocenters. The maximum absolute atomic E-state index is 12.4. The van der Waals surface area contributed by atoms with Gasteiger partial charge in [0.2, 0.25) is 0 Å². The van der Waals surface area contributed by atoms with E-state index in [1.54, 1.807) is 37.3 Å². The van der Waals surface area contributed by atoms with Crippen molar-refractivity contribution in [3.8, 4) is 18.1 Å². The second kappa shape index (κ2) is 7.97. The topological polar surface area (TPSA) is 41.6 Å². The zero-order valence-corrected chi connectivity index (χ0v) is 13.5. The number of carbonyl (C=O) groups excluding carboxylic acids is 1. The molecule has 0 aliphatic rings. The Morgan fingerprint density at radius 3 is 2.65 bits per heavy atom. The first kappa shape index (κ1) is 16.5. The van der Waals surface area contributed by atoms with Gasteiger partial charge < -0.3 is 10.1 Å². The van der Waals surface area contributed by atoms with Crippen LogP contribution in [0.1, 0.15) is 6.92 Å². The van der Waals surface area contributed by atoms with E-state index < -0.39 is 6.09 Å². The number of nitrogens with one attached hydrogen (secondary N) is 1. The largest absolute Gasteiger partial charge is 0.420 e. The highest BCUT2D eigenvalue weighted by atomic mass is 32.1. The zero-order chi connectivity index (χ0) is 16.7. The fourth-order valence-corrected chi connectivity index (χ4v) is 2.07. The Hall–Kier alpha value is -2.84. The number of benzene rings is 2. The predicted octanol–water partition coefficient (Wildman–Crippen LogP) is 4.08. The molecule has 2 aromatic carbocycles. The molecular formula is C18H16N2O2S. The van der Waals surface area contributed by atoms with E-state index in [2.05, 4.69) is 11.2 Å². The van der Waals surface area contributed by atoms with E-state index in [1.807, 2.05) is 24.3 Å². The number of hydrogen-bond acceptors (Lipinski definition) is 3. The molecule has 0 atom stereocenters. The molecule has 0 radical (unpaired) electrons. The average Bonchev–Trinajstić information content (AvgIpc) is 2.53. The van der Waals surface area contributed by atoms with E-state index in [4.69, 9.17) is 23.4 Å². The molecule has 1 N–H and O–H groups in total. The lowest BCUT2D eigenvalue weighted by Crippen LogP contribution is -2.33. The van der Waals surface area contributed by atoms with Gasteiger partial charge in [-0.05, 0) is 31.2 Å². The van der Waals surface area contributed by atoms with Crippen molar-refractivity contribution in [1.82, 2.24) is 0 Å². The van der Waals surface area contributed by atoms with Crippen LogP contribution in [-0.2, 0) is 0 Å². The third kappa shape index (κ3) is 4.83. The monoisotopic (exact) mass is 324 g/mol. The third-order valence-corrected chi connectivity index (χ3v) is 3.00. The molecule has 5 heteroatoms. The summed E-state index contributed by atoms with van der Waals surface area (Å²) in [7, 11) is 0. The summed E-state index contributed by atoms with van der Waals surface area (Å²) in [6, 6.07) is 16.1. The van der Waals surface area contributed by atoms with Crippen molar-refractivity contribution >= 4 is 34.7 Å². The number of amides is 1. The van der Waals surface area contributed by atoms with Crippen molar-refractivity contribution < 1.29 is 9.53 Å². The first-order valence-electron chi connectivity index (χ1n) is 6.95. The molecule has 4 nitrogen and oxygen atoms in total. The normalized spacial score (nSPS) is 9.57. The summed E-state index contributed by atoms with van der Waals surface area (Å²) < 4.78 is 5.41. The molecule has 0 saturated carbocycles. The molecule has 0 aromatic heterocycles. The molecule has 0 spiro atoms. The highest BCUT2D eigenvalue weighted by Gasteiger charge is 2.17. The first-order chi connectivity index (χ1) is 11.1. The van der Waals surface area contributed by atoms with Gasteiger partial charge in [0, 0.05) is 17.4 Å². The maximum atomic E-state index is 12.4. The van der Waals surface area contributed by atoms with Crippen LogP contribution in [0.3, 0.4) is 0 Å². The Morgan fingerprint density at radius 2 is 2.00 bits per heavy atom. The van der Waals surface area contributed by atoms with Gasteiger partial charge in [-0.15, -0.1) is 6.42 Å². The Balaban J connectivity index is 2.16. The lowest BCUT2D eigenvalue weighted by molar-refractivity contribution is 0.208. The predicted molar refractivity (Wildman–Crippen MR) is 97.0 cm³/mol. The summed E-state index contributed by atoms with van der Waals surface area (Å²) in [6.07, 6.45) is 4.82. The van der Waals surface area contributed by atoms with Crippen LogP contribution in [0.4, 0.5) is 16.2 Å². The van der Waals surface area contributed by atoms with Gasteiger partial charge >= 0.3 is 6.09 Å². The number of para-hydroxylation sites is 1. The maximum Gasteiger partial charge on any atom is 0.420 e. The molecule has 0 bridgehead atoms. The number of nitrogens with zero attached hydrogens (tertiary/aromatic N) is 1. The molecule has 116 valence electrons. The molecule has 0 aliphatic heterocycles. The average molecular weight is 324 g/mol. The number of terminal acetylenes is 1. The summed E-state index contributed by atoms with van der Waals surface area (Å²) in [6.45, 7) is 1.90. The number of hydrogen-bond donors (Lipinski definition) is 1. The van der Waals surface area contributed by atoms with Crippen LogP contribution in [0.25, 0.3) is 0 Å². The van der Waals surface area contributed by atoms with Crippen molar-refractivity contribution in [1.29, 1.82) is 0 Å². The van der Waals surface area contributed by atoms with Crippen molar-refractivity contribution in [2.45, 2.75) is 6.92 Å². The van der Waals surface area contributed by atoms with Gasteiger partial charge in [0.1, 0.15) is 5.75 Å². The van der Waals surface area contributed by atoms with Gasteiger partial charge in [0.15, 0.2) is 0 Å². The lowest BCUT2D eigenvalue weighted by Gasteiger charge is -2.19. The zero-order valence-electron chi connectivity index (χ0n) is 12.7. The van der Waals surface area contributed by atoms with E-state index in [0.29, 0.717) is 16.4 Å². The third-order valence-electron chi connectivity index (χ3n) is 2.90. The van der Waals surface area contributed by atoms with Crippen LogP contribution in [-0.4, -0.2) is 17.6 Å². The molecule has 0 fully saturated rings. The van der Waals surface area contributed by atoms with Gasteiger partial charge in [-0.2, -0.15) is 0 Å². The Labute approximate surface area is 141 Å². The SMILES string of the molecule is C#CCN(C(=O)Oc1cccc(NC(C)=S)c1)c1ccccc1. The highest BCUT2D eigenvalue weighted by molar-refractivity contribution is 7.80. The fourth-order valence-electron chi connectivity index (χ4n) is 1.96. The van der Waals surface area contributed by atoms with Gasteiger partial charge in [-0.25, -0.2) is 4.79 Å². The Morgan fingerprint density at radius 1 is 1.26 bits per heavy atom. The molecule has 0 aliphatic carbocycles. The number of thiocarbonyl (C=S) groups is 1. The lowest BCUT2D eigenvalue weighted by atomic mass is 10.3. The van der Waals surface area contributed by atoms with Gasteiger partial charge in [0.05, 0.1) is 11.5 Å². The Kier molecular flexibility index (Phi) is 5.73. The number of rotatable bonds is 4. The Bertz CT molecular complexity index is 738. The van der Waals surface area contributed by atoms with Crippen LogP contribution >= 0.6 is 12.2 Å². The first-order valence-corrected chi connectivity index (χ1v) is 7.36. The minimum atomic E-state index is -0.537. The van der Waals surface area contributed by atoms with Crippen molar-refractivity contribution in [3.05, 3.63) is 54.6 Å². The molecule has 0 saturated heterocycles. The standard InChI is InChI=1S/C18H16N2O2S/c1-3-12-20(16-9-5-4-6-10-16)18(21)22-17-11-7-8-15(13-17)19-14(2)23/h1,4-11,13H,12H2,2H3,(H,19,23). The van der Waals surface area contributed by atoms with E-state index >= 15 is 0 Å². The molecule has 2 rings (SSSR count). The van der Waals surface area contributed by atoms with E-state index in [1.165, 1.54) is 4.90 Å². The fraction of sp³-hybridized carbons (Fsp3) is 0.111. The van der Waals surface area contributed by atoms with Crippen LogP contribution in [0, 0.1) is 12.3 Å². The molecule has 1 amide bonds. The van der Waals surface area contributed by atoms with Crippen molar-refractivity contribution in [2.75, 3.05) is 16.8 Å². The van der Waals surface area contributed by atoms with Crippen LogP contribution in [0.2, 0.25) is 0 Å². The summed E-state index contributed by atoms with van der Waals surface area (Å²) in [4.78, 5) is 14.4. The van der Waals surface area contributed by atoms with Crippen LogP contribution < -0.4 is 15.0 Å². The summed E-state index contributed by atoms with van der Waals surface area (Å²) in [5.74, 6) is 2.88. The van der Waals surface area contributed by atoms with Gasteiger partial charge in [-0.3, -0.25) is 4.90 Å². The quantitative estimate of drug-likeness (QED) is 0.679. The number of carbonyl (C=O) groups is 1. The van der Waals surface area contributed by atoms with E-state index in [-0.39, 0.29) is 6.54 Å². The minimum absolute atomic E-state index is 0.125. The summed E-state index contributed by atoms with van der Waals surface area (Å²) in [5, 5.41) is 3.00. The second-order valence-electron chi connectivity index (χ2n) is 4.70. The molecule has 23 heavy (non-hydrogen) atoms. The summed E-state index contributed by atoms with van der Waals surface area (Å²) in [5.41, 5.74) is 1.44. The van der Waals surface area contributed by atoms with Crippen LogP contribution in [0.15, 0.2) is 54.6 Å². The minimum Gasteiger partial charge on any atom is -0.410 e. The molecule has 0 heterocycles. The van der Waals surface area contributed by atoms with Crippen molar-refractivity contribution in [2.24, 2.45) is 0 Å². The van der Waals surface area contributed by atoms with Gasteiger partial charge in [-0.1, -0.05) is 42.4 Å². The number of ether oxygens (including phenoxy) is 1. The smallest absolute Gasteiger partial charge is 0.410 e. The van der Waals surface area contributed by atoms with E-state index in [0.717, 1.165) is 5.69 Å². The van der Waals surface area contributed by atoms with E-state index in [9.17, 15) is 4.79 Å². The second-order valence-corrected chi connectivity index (χ2v) is 5.32. The molecule has 2 aromatic rings. The highest BCUT2D eigenvalue weighted by Crippen LogP contribution is 2.20. The van der Waals surface area contributed by atoms with Crippen LogP contribution in [0.5, 0.6) is 5.75 Å². The van der Waals surface area contributed by atoms with Crippen molar-refractivity contribution in [3.63, 3.8) is 0 Å².